The molecule has 106 valence electrons. The fraction of sp³-hybridized carbons (Fsp3) is 0.143. The molecule has 2 aromatic carbocycles. The lowest BCUT2D eigenvalue weighted by molar-refractivity contribution is 0.433. The van der Waals surface area contributed by atoms with Crippen LogP contribution in [0.15, 0.2) is 34.8 Å². The van der Waals surface area contributed by atoms with Crippen molar-refractivity contribution in [2.24, 2.45) is 5.84 Å². The molecule has 0 aromatic heterocycles. The number of halogens is 4. The number of hydrazine groups is 1. The minimum absolute atomic E-state index is 0.0485. The van der Waals surface area contributed by atoms with Gasteiger partial charge in [0.15, 0.2) is 17.5 Å². The van der Waals surface area contributed by atoms with Gasteiger partial charge in [-0.2, -0.15) is 0 Å². The van der Waals surface area contributed by atoms with Gasteiger partial charge in [0.2, 0.25) is 0 Å². The highest BCUT2D eigenvalue weighted by atomic mass is 79.9. The number of rotatable bonds is 3. The molecule has 0 spiro atoms. The summed E-state index contributed by atoms with van der Waals surface area (Å²) in [4.78, 5) is 0. The highest BCUT2D eigenvalue weighted by molar-refractivity contribution is 9.10. The van der Waals surface area contributed by atoms with Gasteiger partial charge in [0, 0.05) is 10.0 Å². The number of nitrogens with one attached hydrogen (secondary N) is 1. The number of hydrogen-bond acceptors (Lipinski definition) is 2. The van der Waals surface area contributed by atoms with E-state index >= 15 is 0 Å². The van der Waals surface area contributed by atoms with E-state index < -0.39 is 23.5 Å². The number of benzene rings is 2. The average molecular weight is 345 g/mol. The largest absolute Gasteiger partial charge is 0.271 e. The van der Waals surface area contributed by atoms with Crippen LogP contribution >= 0.6 is 15.9 Å². The van der Waals surface area contributed by atoms with E-state index in [9.17, 15) is 13.2 Å². The van der Waals surface area contributed by atoms with E-state index in [1.165, 1.54) is 6.07 Å². The predicted octanol–water partition coefficient (Wildman–Crippen LogP) is 3.73. The summed E-state index contributed by atoms with van der Waals surface area (Å²) < 4.78 is 41.0. The van der Waals surface area contributed by atoms with Gasteiger partial charge in [0.25, 0.3) is 0 Å². The third-order valence-corrected chi connectivity index (χ3v) is 3.59. The van der Waals surface area contributed by atoms with Crippen molar-refractivity contribution in [2.45, 2.75) is 13.0 Å². The van der Waals surface area contributed by atoms with Crippen LogP contribution in [0.2, 0.25) is 0 Å². The summed E-state index contributed by atoms with van der Waals surface area (Å²) in [6.07, 6.45) is 0. The van der Waals surface area contributed by atoms with Crippen molar-refractivity contribution in [3.05, 3.63) is 68.9 Å². The Balaban J connectivity index is 2.58. The second-order valence-corrected chi connectivity index (χ2v) is 5.28. The first-order valence-corrected chi connectivity index (χ1v) is 6.60. The molecule has 2 rings (SSSR count). The van der Waals surface area contributed by atoms with Gasteiger partial charge in [-0.15, -0.1) is 0 Å². The molecule has 0 bridgehead atoms. The maximum absolute atomic E-state index is 13.9. The molecule has 2 nitrogen and oxygen atoms in total. The molecule has 0 aliphatic rings. The van der Waals surface area contributed by atoms with Crippen LogP contribution in [-0.4, -0.2) is 0 Å². The Morgan fingerprint density at radius 2 is 1.75 bits per heavy atom. The monoisotopic (exact) mass is 344 g/mol. The van der Waals surface area contributed by atoms with E-state index in [2.05, 4.69) is 21.4 Å². The Bertz CT molecular complexity index is 647. The van der Waals surface area contributed by atoms with E-state index in [0.717, 1.165) is 16.1 Å². The summed E-state index contributed by atoms with van der Waals surface area (Å²) in [5.41, 5.74) is 3.91. The lowest BCUT2D eigenvalue weighted by Crippen LogP contribution is -2.30. The Morgan fingerprint density at radius 1 is 1.05 bits per heavy atom. The Morgan fingerprint density at radius 3 is 2.40 bits per heavy atom. The van der Waals surface area contributed by atoms with E-state index in [0.29, 0.717) is 5.56 Å². The van der Waals surface area contributed by atoms with Crippen molar-refractivity contribution in [1.29, 1.82) is 0 Å². The SMILES string of the molecule is Cc1ccc(Br)cc1C(NN)c1ccc(F)c(F)c1F. The summed E-state index contributed by atoms with van der Waals surface area (Å²) in [6, 6.07) is 6.68. The molecule has 0 amide bonds. The van der Waals surface area contributed by atoms with Gasteiger partial charge in [-0.3, -0.25) is 5.84 Å². The van der Waals surface area contributed by atoms with Crippen LogP contribution < -0.4 is 11.3 Å². The second kappa shape index (κ2) is 5.95. The first-order valence-electron chi connectivity index (χ1n) is 5.81. The van der Waals surface area contributed by atoms with Crippen molar-refractivity contribution in [2.75, 3.05) is 0 Å². The lowest BCUT2D eigenvalue weighted by atomic mass is 9.95. The zero-order valence-electron chi connectivity index (χ0n) is 10.6. The second-order valence-electron chi connectivity index (χ2n) is 4.37. The minimum Gasteiger partial charge on any atom is -0.271 e. The molecule has 1 atom stereocenters. The smallest absolute Gasteiger partial charge is 0.194 e. The van der Waals surface area contributed by atoms with Crippen LogP contribution in [0, 0.1) is 24.4 Å². The fourth-order valence-electron chi connectivity index (χ4n) is 2.03. The zero-order chi connectivity index (χ0) is 14.9. The van der Waals surface area contributed by atoms with Gasteiger partial charge in [0.05, 0.1) is 6.04 Å². The van der Waals surface area contributed by atoms with Crippen LogP contribution in [0.1, 0.15) is 22.7 Å². The normalized spacial score (nSPS) is 12.5. The zero-order valence-corrected chi connectivity index (χ0v) is 12.1. The van der Waals surface area contributed by atoms with Crippen molar-refractivity contribution in [3.8, 4) is 0 Å². The summed E-state index contributed by atoms with van der Waals surface area (Å²) in [5, 5.41) is 0. The molecule has 0 aliphatic carbocycles. The number of aryl methyl sites for hydroxylation is 1. The predicted molar refractivity (Wildman–Crippen MR) is 74.4 cm³/mol. The van der Waals surface area contributed by atoms with E-state index in [4.69, 9.17) is 5.84 Å². The highest BCUT2D eigenvalue weighted by Crippen LogP contribution is 2.30. The van der Waals surface area contributed by atoms with Gasteiger partial charge < -0.3 is 0 Å². The maximum atomic E-state index is 13.9. The van der Waals surface area contributed by atoms with Crippen molar-refractivity contribution in [1.82, 2.24) is 5.43 Å². The first kappa shape index (κ1) is 15.0. The van der Waals surface area contributed by atoms with Gasteiger partial charge in [-0.05, 0) is 36.2 Å². The van der Waals surface area contributed by atoms with Gasteiger partial charge in [-0.25, -0.2) is 18.6 Å². The molecule has 2 aromatic rings. The van der Waals surface area contributed by atoms with Crippen molar-refractivity contribution < 1.29 is 13.2 Å². The van der Waals surface area contributed by atoms with Crippen molar-refractivity contribution in [3.63, 3.8) is 0 Å². The quantitative estimate of drug-likeness (QED) is 0.505. The van der Waals surface area contributed by atoms with Crippen LogP contribution in [0.3, 0.4) is 0 Å². The third kappa shape index (κ3) is 2.72. The Labute approximate surface area is 122 Å². The molecule has 0 aliphatic heterocycles. The maximum Gasteiger partial charge on any atom is 0.194 e. The molecule has 0 radical (unpaired) electrons. The lowest BCUT2D eigenvalue weighted by Gasteiger charge is -2.20. The van der Waals surface area contributed by atoms with Crippen molar-refractivity contribution >= 4 is 15.9 Å². The third-order valence-electron chi connectivity index (χ3n) is 3.10. The van der Waals surface area contributed by atoms with E-state index in [1.807, 2.05) is 19.1 Å². The van der Waals surface area contributed by atoms with Crippen LogP contribution in [0.25, 0.3) is 0 Å². The standard InChI is InChI=1S/C14H12BrF3N2/c1-7-2-3-8(15)6-10(7)14(20-19)9-4-5-11(16)13(18)12(9)17/h2-6,14,20H,19H2,1H3. The topological polar surface area (TPSA) is 38.0 Å². The Kier molecular flexibility index (Phi) is 4.47. The summed E-state index contributed by atoms with van der Waals surface area (Å²) >= 11 is 3.31. The van der Waals surface area contributed by atoms with E-state index in [1.54, 1.807) is 6.07 Å². The van der Waals surface area contributed by atoms with Crippen LogP contribution in [-0.2, 0) is 0 Å². The molecular formula is C14H12BrF3N2. The molecule has 0 saturated carbocycles. The van der Waals surface area contributed by atoms with Crippen LogP contribution in [0.5, 0.6) is 0 Å². The number of hydrogen-bond donors (Lipinski definition) is 2. The molecule has 3 N–H and O–H groups in total. The molecular weight excluding hydrogens is 333 g/mol. The average Bonchev–Trinajstić information content (AvgIpc) is 2.43. The van der Waals surface area contributed by atoms with E-state index in [-0.39, 0.29) is 5.56 Å². The van der Waals surface area contributed by atoms with Gasteiger partial charge in [0.1, 0.15) is 0 Å². The summed E-state index contributed by atoms with van der Waals surface area (Å²) in [5.74, 6) is 1.49. The highest BCUT2D eigenvalue weighted by Gasteiger charge is 2.22. The number of nitrogens with two attached hydrogens (primary N) is 1. The molecule has 0 fully saturated rings. The Hall–Kier alpha value is -1.37. The molecule has 20 heavy (non-hydrogen) atoms. The summed E-state index contributed by atoms with van der Waals surface area (Å²) in [6.45, 7) is 1.82. The summed E-state index contributed by atoms with van der Waals surface area (Å²) in [7, 11) is 0. The van der Waals surface area contributed by atoms with Crippen LogP contribution in [0.4, 0.5) is 13.2 Å². The molecule has 1 unspecified atom stereocenters. The first-order chi connectivity index (χ1) is 9.45. The molecule has 0 saturated heterocycles. The molecule has 0 heterocycles. The fourth-order valence-corrected chi connectivity index (χ4v) is 2.41. The molecule has 6 heteroatoms. The minimum atomic E-state index is -1.50. The van der Waals surface area contributed by atoms with Gasteiger partial charge >= 0.3 is 0 Å². The van der Waals surface area contributed by atoms with Gasteiger partial charge in [-0.1, -0.05) is 28.1 Å².